The summed E-state index contributed by atoms with van der Waals surface area (Å²) < 4.78 is 0. The molecule has 0 saturated carbocycles. The predicted octanol–water partition coefficient (Wildman–Crippen LogP) is 2.18. The van der Waals surface area contributed by atoms with Crippen molar-refractivity contribution in [2.75, 3.05) is 11.9 Å². The minimum Gasteiger partial charge on any atom is -0.384 e. The minimum atomic E-state index is -0.0120. The van der Waals surface area contributed by atoms with Crippen molar-refractivity contribution in [3.63, 3.8) is 0 Å². The number of para-hydroxylation sites is 1. The first-order valence-corrected chi connectivity index (χ1v) is 5.08. The number of hydrogen-bond donors (Lipinski definition) is 1. The Bertz CT molecular complexity index is 439. The largest absolute Gasteiger partial charge is 0.384 e. The molecule has 1 aromatic carbocycles. The summed E-state index contributed by atoms with van der Waals surface area (Å²) in [6, 6.07) is 7.97. The third-order valence-corrected chi connectivity index (χ3v) is 2.66. The molecule has 2 nitrogen and oxygen atoms in total. The quantitative estimate of drug-likeness (QED) is 0.740. The van der Waals surface area contributed by atoms with Crippen LogP contribution in [-0.2, 0) is 4.79 Å². The maximum atomic E-state index is 11.8. The van der Waals surface area contributed by atoms with Crippen LogP contribution in [0.4, 0.5) is 5.69 Å². The number of ketones is 1. The van der Waals surface area contributed by atoms with E-state index in [0.29, 0.717) is 13.0 Å². The molecule has 1 aliphatic heterocycles. The van der Waals surface area contributed by atoms with Gasteiger partial charge in [-0.05, 0) is 18.6 Å². The highest BCUT2D eigenvalue weighted by atomic mass is 16.1. The van der Waals surface area contributed by atoms with E-state index in [1.165, 1.54) is 0 Å². The van der Waals surface area contributed by atoms with Gasteiger partial charge in [0.15, 0.2) is 5.78 Å². The number of Topliss-reactive ketones (excluding diaryl/α,β-unsaturated/α-hetero) is 1. The fraction of sp³-hybridized carbons (Fsp3) is 0.308. The molecule has 0 fully saturated rings. The standard InChI is InChI=1S/C13H13NO/c1-2-3-8-13(15)11-9-14-12-7-5-4-6-10(11)12/h4-7,11,14H,8-9H2,1H3. The van der Waals surface area contributed by atoms with Crippen molar-refractivity contribution in [1.82, 2.24) is 0 Å². The van der Waals surface area contributed by atoms with Crippen LogP contribution in [0.1, 0.15) is 24.8 Å². The lowest BCUT2D eigenvalue weighted by Gasteiger charge is -2.05. The minimum absolute atomic E-state index is 0.0120. The van der Waals surface area contributed by atoms with Gasteiger partial charge in [-0.25, -0.2) is 0 Å². The Morgan fingerprint density at radius 1 is 1.53 bits per heavy atom. The molecule has 0 spiro atoms. The number of rotatable bonds is 2. The molecule has 1 aliphatic rings. The Balaban J connectivity index is 2.19. The lowest BCUT2D eigenvalue weighted by Crippen LogP contribution is -2.13. The summed E-state index contributed by atoms with van der Waals surface area (Å²) in [6.07, 6.45) is 0.358. The first-order chi connectivity index (χ1) is 7.33. The lowest BCUT2D eigenvalue weighted by molar-refractivity contribution is -0.119. The molecule has 0 bridgehead atoms. The smallest absolute Gasteiger partial charge is 0.154 e. The van der Waals surface area contributed by atoms with Crippen molar-refractivity contribution in [2.24, 2.45) is 0 Å². The second kappa shape index (κ2) is 4.18. The van der Waals surface area contributed by atoms with Crippen LogP contribution in [0, 0.1) is 11.8 Å². The summed E-state index contributed by atoms with van der Waals surface area (Å²) in [7, 11) is 0. The van der Waals surface area contributed by atoms with Crippen molar-refractivity contribution in [3.8, 4) is 11.8 Å². The number of nitrogens with one attached hydrogen (secondary N) is 1. The van der Waals surface area contributed by atoms with E-state index in [1.807, 2.05) is 24.3 Å². The Hall–Kier alpha value is -1.75. The van der Waals surface area contributed by atoms with Crippen LogP contribution in [0.5, 0.6) is 0 Å². The Morgan fingerprint density at radius 2 is 2.33 bits per heavy atom. The van der Waals surface area contributed by atoms with Crippen LogP contribution in [0.3, 0.4) is 0 Å². The summed E-state index contributed by atoms with van der Waals surface area (Å²) in [4.78, 5) is 11.8. The highest BCUT2D eigenvalue weighted by Crippen LogP contribution is 2.31. The Morgan fingerprint density at radius 3 is 3.13 bits per heavy atom. The molecule has 1 heterocycles. The van der Waals surface area contributed by atoms with Crippen LogP contribution < -0.4 is 5.32 Å². The summed E-state index contributed by atoms with van der Waals surface area (Å²) >= 11 is 0. The number of carbonyl (C=O) groups is 1. The van der Waals surface area contributed by atoms with Crippen molar-refractivity contribution in [2.45, 2.75) is 19.3 Å². The summed E-state index contributed by atoms with van der Waals surface area (Å²) in [5, 5.41) is 3.24. The van der Waals surface area contributed by atoms with Gasteiger partial charge in [0.05, 0.1) is 12.3 Å². The molecule has 2 heteroatoms. The van der Waals surface area contributed by atoms with Gasteiger partial charge in [-0.1, -0.05) is 24.1 Å². The van der Waals surface area contributed by atoms with Crippen LogP contribution in [0.25, 0.3) is 0 Å². The van der Waals surface area contributed by atoms with E-state index in [0.717, 1.165) is 11.3 Å². The number of fused-ring (bicyclic) bond motifs is 1. The molecule has 0 amide bonds. The number of carbonyl (C=O) groups excluding carboxylic acids is 1. The van der Waals surface area contributed by atoms with Gasteiger partial charge in [0, 0.05) is 12.2 Å². The first-order valence-electron chi connectivity index (χ1n) is 5.08. The molecule has 0 saturated heterocycles. The van der Waals surface area contributed by atoms with Gasteiger partial charge in [0.25, 0.3) is 0 Å². The Labute approximate surface area is 89.7 Å². The van der Waals surface area contributed by atoms with Crippen molar-refractivity contribution >= 4 is 11.5 Å². The third-order valence-electron chi connectivity index (χ3n) is 2.66. The van der Waals surface area contributed by atoms with Gasteiger partial charge in [0.2, 0.25) is 0 Å². The molecule has 76 valence electrons. The summed E-state index contributed by atoms with van der Waals surface area (Å²) in [6.45, 7) is 2.47. The van der Waals surface area contributed by atoms with E-state index in [4.69, 9.17) is 0 Å². The van der Waals surface area contributed by atoms with E-state index in [9.17, 15) is 4.79 Å². The second-order valence-electron chi connectivity index (χ2n) is 3.59. The average molecular weight is 199 g/mol. The zero-order chi connectivity index (χ0) is 10.7. The molecule has 1 N–H and O–H groups in total. The van der Waals surface area contributed by atoms with Gasteiger partial charge in [-0.2, -0.15) is 0 Å². The molecule has 15 heavy (non-hydrogen) atoms. The van der Waals surface area contributed by atoms with Gasteiger partial charge < -0.3 is 5.32 Å². The monoisotopic (exact) mass is 199 g/mol. The topological polar surface area (TPSA) is 29.1 Å². The zero-order valence-corrected chi connectivity index (χ0v) is 8.71. The van der Waals surface area contributed by atoms with E-state index in [1.54, 1.807) is 6.92 Å². The molecule has 0 radical (unpaired) electrons. The fourth-order valence-electron chi connectivity index (χ4n) is 1.87. The van der Waals surface area contributed by atoms with Gasteiger partial charge in [0.1, 0.15) is 0 Å². The van der Waals surface area contributed by atoms with Crippen LogP contribution in [-0.4, -0.2) is 12.3 Å². The third kappa shape index (κ3) is 1.87. The van der Waals surface area contributed by atoms with E-state index < -0.39 is 0 Å². The average Bonchev–Trinajstić information content (AvgIpc) is 2.69. The SMILES string of the molecule is CC#CCC(=O)C1CNc2ccccc21. The van der Waals surface area contributed by atoms with Gasteiger partial charge >= 0.3 is 0 Å². The normalized spacial score (nSPS) is 17.3. The maximum Gasteiger partial charge on any atom is 0.154 e. The first kappa shape index (κ1) is 9.79. The van der Waals surface area contributed by atoms with Gasteiger partial charge in [-0.3, -0.25) is 4.79 Å². The summed E-state index contributed by atoms with van der Waals surface area (Å²) in [5.74, 6) is 5.78. The summed E-state index contributed by atoms with van der Waals surface area (Å²) in [5.41, 5.74) is 2.20. The molecule has 1 unspecified atom stereocenters. The zero-order valence-electron chi connectivity index (χ0n) is 8.71. The molecular weight excluding hydrogens is 186 g/mol. The molecule has 0 aromatic heterocycles. The second-order valence-corrected chi connectivity index (χ2v) is 3.59. The van der Waals surface area contributed by atoms with Gasteiger partial charge in [-0.15, -0.1) is 5.92 Å². The predicted molar refractivity (Wildman–Crippen MR) is 60.7 cm³/mol. The maximum absolute atomic E-state index is 11.8. The Kier molecular flexibility index (Phi) is 2.73. The number of anilines is 1. The van der Waals surface area contributed by atoms with Crippen LogP contribution >= 0.6 is 0 Å². The van der Waals surface area contributed by atoms with Crippen LogP contribution in [0.15, 0.2) is 24.3 Å². The van der Waals surface area contributed by atoms with Crippen molar-refractivity contribution in [1.29, 1.82) is 0 Å². The van der Waals surface area contributed by atoms with E-state index in [-0.39, 0.29) is 11.7 Å². The highest BCUT2D eigenvalue weighted by Gasteiger charge is 2.26. The molecule has 1 atom stereocenters. The van der Waals surface area contributed by atoms with E-state index >= 15 is 0 Å². The number of benzene rings is 1. The molecule has 0 aliphatic carbocycles. The van der Waals surface area contributed by atoms with Crippen molar-refractivity contribution in [3.05, 3.63) is 29.8 Å². The lowest BCUT2D eigenvalue weighted by atomic mass is 9.95. The molecule has 2 rings (SSSR count). The fourth-order valence-corrected chi connectivity index (χ4v) is 1.87. The molecule has 1 aromatic rings. The van der Waals surface area contributed by atoms with Crippen LogP contribution in [0.2, 0.25) is 0 Å². The molecular formula is C13H13NO. The highest BCUT2D eigenvalue weighted by molar-refractivity contribution is 5.91. The van der Waals surface area contributed by atoms with Crippen molar-refractivity contribution < 1.29 is 4.79 Å². The number of hydrogen-bond acceptors (Lipinski definition) is 2. The van der Waals surface area contributed by atoms with E-state index in [2.05, 4.69) is 17.2 Å².